The first-order valence-electron chi connectivity index (χ1n) is 15.5. The molecule has 208 valence electrons. The number of carbonyl (C=O) groups is 1. The van der Waals surface area contributed by atoms with Crippen LogP contribution < -0.4 is 15.8 Å². The van der Waals surface area contributed by atoms with Crippen LogP contribution in [0, 0.1) is 17.3 Å². The Labute approximate surface area is 229 Å². The third kappa shape index (κ3) is 3.27. The van der Waals surface area contributed by atoms with Crippen LogP contribution in [-0.4, -0.2) is 69.3 Å². The molecular weight excluding hydrogens is 490 g/mol. The van der Waals surface area contributed by atoms with Crippen LogP contribution in [0.5, 0.6) is 0 Å². The van der Waals surface area contributed by atoms with E-state index in [2.05, 4.69) is 14.8 Å². The highest BCUT2D eigenvalue weighted by Crippen LogP contribution is 2.71. The molecule has 6 aliphatic rings. The number of nitrogens with one attached hydrogen (secondary N) is 1. The maximum atomic E-state index is 14.3. The van der Waals surface area contributed by atoms with E-state index in [1.54, 1.807) is 11.9 Å². The lowest BCUT2D eigenvalue weighted by Crippen LogP contribution is -2.81. The van der Waals surface area contributed by atoms with Crippen molar-refractivity contribution in [3.63, 3.8) is 0 Å². The number of hydrogen-bond acceptors (Lipinski definition) is 6. The number of para-hydroxylation sites is 2. The fourth-order valence-electron chi connectivity index (χ4n) is 10.4. The first-order chi connectivity index (χ1) is 19.0. The molecule has 2 bridgehead atoms. The van der Waals surface area contributed by atoms with Gasteiger partial charge in [-0.2, -0.15) is 0 Å². The quantitative estimate of drug-likeness (QED) is 0.607. The highest BCUT2D eigenvalue weighted by Gasteiger charge is 2.74. The van der Waals surface area contributed by atoms with Crippen LogP contribution in [0.1, 0.15) is 76.7 Å². The number of likely N-dealkylation sites (tertiary alicyclic amines) is 1. The van der Waals surface area contributed by atoms with Crippen molar-refractivity contribution in [3.05, 3.63) is 34.6 Å². The van der Waals surface area contributed by atoms with Crippen molar-refractivity contribution < 1.29 is 9.90 Å². The zero-order valence-corrected chi connectivity index (χ0v) is 23.0. The van der Waals surface area contributed by atoms with Gasteiger partial charge in [0.15, 0.2) is 5.82 Å². The monoisotopic (exact) mass is 531 g/mol. The lowest BCUT2D eigenvalue weighted by atomic mass is 9.49. The van der Waals surface area contributed by atoms with Crippen LogP contribution in [0.15, 0.2) is 29.1 Å². The van der Waals surface area contributed by atoms with Gasteiger partial charge < -0.3 is 15.3 Å². The second-order valence-electron chi connectivity index (χ2n) is 13.5. The van der Waals surface area contributed by atoms with E-state index < -0.39 is 12.0 Å². The van der Waals surface area contributed by atoms with Crippen molar-refractivity contribution in [3.8, 4) is 0 Å². The molecule has 4 aliphatic carbocycles. The van der Waals surface area contributed by atoms with Crippen molar-refractivity contribution in [2.45, 2.75) is 107 Å². The van der Waals surface area contributed by atoms with Gasteiger partial charge in [0.05, 0.1) is 17.1 Å². The molecule has 2 aliphatic heterocycles. The molecule has 8 unspecified atom stereocenters. The Morgan fingerprint density at radius 3 is 2.51 bits per heavy atom. The summed E-state index contributed by atoms with van der Waals surface area (Å²) in [5.74, 6) is 1.22. The van der Waals surface area contributed by atoms with Gasteiger partial charge in [0.2, 0.25) is 0 Å². The number of nitrogens with zero attached hydrogens (tertiary/aromatic N) is 4. The largest absolute Gasteiger partial charge is 0.480 e. The summed E-state index contributed by atoms with van der Waals surface area (Å²) >= 11 is 0. The van der Waals surface area contributed by atoms with Gasteiger partial charge >= 0.3 is 5.97 Å². The van der Waals surface area contributed by atoms with Crippen molar-refractivity contribution in [2.75, 3.05) is 18.5 Å². The summed E-state index contributed by atoms with van der Waals surface area (Å²) in [4.78, 5) is 35.8. The maximum Gasteiger partial charge on any atom is 0.328 e. The number of piperidine rings is 1. The Morgan fingerprint density at radius 1 is 1.00 bits per heavy atom. The summed E-state index contributed by atoms with van der Waals surface area (Å²) in [6.45, 7) is 0.479. The second kappa shape index (κ2) is 8.77. The van der Waals surface area contributed by atoms with E-state index in [1.165, 1.54) is 64.2 Å². The van der Waals surface area contributed by atoms with Crippen LogP contribution >= 0.6 is 0 Å². The van der Waals surface area contributed by atoms with E-state index in [4.69, 9.17) is 4.98 Å². The Balaban J connectivity index is 1.15. The number of carboxylic acid groups (broad SMARTS) is 1. The van der Waals surface area contributed by atoms with E-state index in [0.29, 0.717) is 24.4 Å². The molecule has 2 saturated heterocycles. The Kier molecular flexibility index (Phi) is 5.48. The molecule has 4 saturated carbocycles. The molecule has 8 nitrogen and oxygen atoms in total. The van der Waals surface area contributed by atoms with E-state index in [-0.39, 0.29) is 23.1 Å². The van der Waals surface area contributed by atoms with Crippen molar-refractivity contribution in [2.24, 2.45) is 17.3 Å². The predicted octanol–water partition coefficient (Wildman–Crippen LogP) is 3.78. The molecule has 1 aromatic heterocycles. The highest BCUT2D eigenvalue weighted by molar-refractivity contribution is 5.83. The predicted molar refractivity (Wildman–Crippen MR) is 150 cm³/mol. The number of benzene rings is 1. The minimum atomic E-state index is -0.914. The number of carboxylic acids is 1. The van der Waals surface area contributed by atoms with E-state index >= 15 is 0 Å². The standard InChI is InChI=1S/C31H41N5O3/c1-32-22-17-34(27(22)30(38)39)28-29(37)36(23-10-5-4-9-21(23)33-28)26-16-25-31(26)12-6-11-24(31)35(25)20-14-18-7-2-3-8-19(13-18)15-20/h4-5,9-10,18-20,22,24-27,32H,2-3,6-8,11-17H2,1H3,(H,38,39). The van der Waals surface area contributed by atoms with Gasteiger partial charge in [-0.05, 0) is 69.5 Å². The number of anilines is 1. The summed E-state index contributed by atoms with van der Waals surface area (Å²) < 4.78 is 2.05. The first-order valence-corrected chi connectivity index (χ1v) is 15.5. The molecule has 1 aromatic carbocycles. The molecule has 8 heteroatoms. The number of aliphatic carboxylic acids is 1. The number of hydrogen-bond donors (Lipinski definition) is 2. The molecule has 2 aromatic rings. The Morgan fingerprint density at radius 2 is 1.77 bits per heavy atom. The molecular formula is C31H41N5O3. The van der Waals surface area contributed by atoms with Gasteiger partial charge in [0, 0.05) is 36.1 Å². The average molecular weight is 532 g/mol. The van der Waals surface area contributed by atoms with Crippen molar-refractivity contribution >= 4 is 22.8 Å². The van der Waals surface area contributed by atoms with Crippen LogP contribution in [0.2, 0.25) is 0 Å². The SMILES string of the molecule is CNC1CN(c2nc3ccccc3n(C3CC4N(C5CC6CCCCC(C6)C5)C5CCCC543)c2=O)C1C(=O)O. The normalized spacial score (nSPS) is 41.1. The van der Waals surface area contributed by atoms with E-state index in [9.17, 15) is 14.7 Å². The number of likely N-dealkylation sites (N-methyl/N-ethyl adjacent to an activating group) is 1. The van der Waals surface area contributed by atoms with E-state index in [1.807, 2.05) is 24.3 Å². The van der Waals surface area contributed by atoms with Gasteiger partial charge in [-0.15, -0.1) is 0 Å². The maximum absolute atomic E-state index is 14.3. The van der Waals surface area contributed by atoms with Gasteiger partial charge in [-0.25, -0.2) is 9.78 Å². The zero-order chi connectivity index (χ0) is 26.5. The van der Waals surface area contributed by atoms with Crippen molar-refractivity contribution in [1.29, 1.82) is 0 Å². The molecule has 0 amide bonds. The molecule has 3 heterocycles. The second-order valence-corrected chi connectivity index (χ2v) is 13.5. The van der Waals surface area contributed by atoms with Crippen molar-refractivity contribution in [1.82, 2.24) is 19.8 Å². The van der Waals surface area contributed by atoms with Crippen LogP contribution in [0.3, 0.4) is 0 Å². The number of rotatable bonds is 5. The summed E-state index contributed by atoms with van der Waals surface area (Å²) in [5.41, 5.74) is 1.75. The number of fused-ring (bicyclic) bond motifs is 3. The Bertz CT molecular complexity index is 1360. The smallest absolute Gasteiger partial charge is 0.328 e. The minimum absolute atomic E-state index is 0.111. The molecule has 6 fully saturated rings. The zero-order valence-electron chi connectivity index (χ0n) is 23.0. The van der Waals surface area contributed by atoms with Crippen LogP contribution in [0.25, 0.3) is 11.0 Å². The third-order valence-electron chi connectivity index (χ3n) is 12.0. The topological polar surface area (TPSA) is 90.7 Å². The number of aromatic nitrogens is 2. The summed E-state index contributed by atoms with van der Waals surface area (Å²) in [7, 11) is 1.78. The third-order valence-corrected chi connectivity index (χ3v) is 12.0. The highest BCUT2D eigenvalue weighted by atomic mass is 16.4. The van der Waals surface area contributed by atoms with Gasteiger partial charge in [-0.3, -0.25) is 14.3 Å². The fraction of sp³-hybridized carbons (Fsp3) is 0.710. The summed E-state index contributed by atoms with van der Waals surface area (Å²) in [6, 6.07) is 9.07. The molecule has 1 spiro atoms. The van der Waals surface area contributed by atoms with E-state index in [0.717, 1.165) is 35.3 Å². The fourth-order valence-corrected chi connectivity index (χ4v) is 10.4. The lowest BCUT2D eigenvalue weighted by molar-refractivity contribution is -0.245. The Hall–Kier alpha value is -2.45. The molecule has 39 heavy (non-hydrogen) atoms. The van der Waals surface area contributed by atoms with Gasteiger partial charge in [0.25, 0.3) is 5.56 Å². The van der Waals surface area contributed by atoms with Gasteiger partial charge in [-0.1, -0.05) is 44.2 Å². The lowest BCUT2D eigenvalue weighted by Gasteiger charge is -2.74. The molecule has 8 rings (SSSR count). The first kappa shape index (κ1) is 24.4. The summed E-state index contributed by atoms with van der Waals surface area (Å²) in [5, 5.41) is 13.0. The summed E-state index contributed by atoms with van der Waals surface area (Å²) in [6.07, 6.45) is 14.6. The average Bonchev–Trinajstić information content (AvgIpc) is 3.25. The molecule has 0 radical (unpaired) electrons. The van der Waals surface area contributed by atoms with Crippen LogP contribution in [-0.2, 0) is 4.79 Å². The molecule has 2 N–H and O–H groups in total. The van der Waals surface area contributed by atoms with Gasteiger partial charge in [0.1, 0.15) is 6.04 Å². The van der Waals surface area contributed by atoms with Crippen LogP contribution in [0.4, 0.5) is 5.82 Å². The minimum Gasteiger partial charge on any atom is -0.480 e. The molecule has 8 atom stereocenters.